The van der Waals surface area contributed by atoms with Gasteiger partial charge in [0, 0.05) is 18.5 Å². The number of nitrogens with zero attached hydrogens (tertiary/aromatic N) is 3. The zero-order chi connectivity index (χ0) is 20.4. The summed E-state index contributed by atoms with van der Waals surface area (Å²) in [5.74, 6) is -0.708. The third kappa shape index (κ3) is 5.19. The highest BCUT2D eigenvalue weighted by Crippen LogP contribution is 2.39. The Morgan fingerprint density at radius 3 is 2.48 bits per heavy atom. The van der Waals surface area contributed by atoms with Gasteiger partial charge in [0.05, 0.1) is 22.5 Å². The lowest BCUT2D eigenvalue weighted by Crippen LogP contribution is -2.28. The van der Waals surface area contributed by atoms with Crippen LogP contribution in [0.3, 0.4) is 0 Å². The van der Waals surface area contributed by atoms with Gasteiger partial charge in [0.25, 0.3) is 5.69 Å². The number of hydrogen-bond donors (Lipinski definition) is 1. The quantitative estimate of drug-likeness (QED) is 0.479. The van der Waals surface area contributed by atoms with Crippen LogP contribution in [0.2, 0.25) is 0 Å². The van der Waals surface area contributed by atoms with Crippen molar-refractivity contribution in [1.82, 2.24) is 9.55 Å². The monoisotopic (exact) mass is 386 g/mol. The van der Waals surface area contributed by atoms with Crippen LogP contribution in [-0.4, -0.2) is 32.6 Å². The summed E-state index contributed by atoms with van der Waals surface area (Å²) in [7, 11) is 0. The Labute approximate surface area is 152 Å². The number of anilines is 1. The average molecular weight is 386 g/mol. The maximum Gasteiger partial charge on any atom is 0.418 e. The second-order valence-corrected chi connectivity index (χ2v) is 6.55. The summed E-state index contributed by atoms with van der Waals surface area (Å²) in [6.45, 7) is 4.47. The van der Waals surface area contributed by atoms with E-state index in [0.717, 1.165) is 17.0 Å². The number of benzene rings is 1. The molecule has 27 heavy (non-hydrogen) atoms. The molecule has 0 saturated carbocycles. The number of carbonyl (C=O) groups is 1. The Balaban J connectivity index is 2.46. The molecule has 0 bridgehead atoms. The third-order valence-electron chi connectivity index (χ3n) is 3.24. The predicted molar refractivity (Wildman–Crippen MR) is 89.6 cm³/mol. The fraction of sp³-hybridized carbons (Fsp3) is 0.375. The SMILES string of the molecule is CC(C)(C)OC(=O)CNc1cc(-n2ccnc2)c(C(F)(F)F)cc1[N+](=O)[O-]. The summed E-state index contributed by atoms with van der Waals surface area (Å²) in [6.07, 6.45) is -1.15. The van der Waals surface area contributed by atoms with Crippen molar-refractivity contribution in [3.63, 3.8) is 0 Å². The molecule has 2 rings (SSSR count). The van der Waals surface area contributed by atoms with E-state index in [0.29, 0.717) is 6.07 Å². The van der Waals surface area contributed by atoms with Crippen LogP contribution in [-0.2, 0) is 15.7 Å². The minimum absolute atomic E-state index is 0.248. The van der Waals surface area contributed by atoms with E-state index in [2.05, 4.69) is 10.3 Å². The summed E-state index contributed by atoms with van der Waals surface area (Å²) in [5, 5.41) is 13.7. The van der Waals surface area contributed by atoms with Gasteiger partial charge in [0.15, 0.2) is 0 Å². The van der Waals surface area contributed by atoms with Gasteiger partial charge in [-0.1, -0.05) is 0 Å². The molecule has 1 aromatic heterocycles. The first-order chi connectivity index (χ1) is 12.4. The van der Waals surface area contributed by atoms with Crippen molar-refractivity contribution >= 4 is 17.3 Å². The molecule has 0 unspecified atom stereocenters. The van der Waals surface area contributed by atoms with Gasteiger partial charge >= 0.3 is 12.1 Å². The fourth-order valence-electron chi connectivity index (χ4n) is 2.26. The summed E-state index contributed by atoms with van der Waals surface area (Å²) in [5.41, 5.74) is -3.39. The number of carbonyl (C=O) groups excluding carboxylic acids is 1. The highest BCUT2D eigenvalue weighted by atomic mass is 19.4. The maximum atomic E-state index is 13.4. The van der Waals surface area contributed by atoms with E-state index >= 15 is 0 Å². The van der Waals surface area contributed by atoms with Crippen molar-refractivity contribution in [3.05, 3.63) is 46.5 Å². The number of hydrogen-bond acceptors (Lipinski definition) is 6. The van der Waals surface area contributed by atoms with E-state index < -0.39 is 40.5 Å². The zero-order valence-electron chi connectivity index (χ0n) is 14.7. The number of nitro benzene ring substituents is 1. The van der Waals surface area contributed by atoms with Crippen LogP contribution >= 0.6 is 0 Å². The molecule has 0 fully saturated rings. The van der Waals surface area contributed by atoms with E-state index in [1.807, 2.05) is 0 Å². The second kappa shape index (κ2) is 7.25. The first-order valence-corrected chi connectivity index (χ1v) is 7.72. The molecular formula is C16H17F3N4O4. The van der Waals surface area contributed by atoms with Crippen LogP contribution in [0.25, 0.3) is 5.69 Å². The number of nitrogens with one attached hydrogen (secondary N) is 1. The number of nitro groups is 1. The molecule has 1 aromatic carbocycles. The van der Waals surface area contributed by atoms with Gasteiger partial charge < -0.3 is 14.6 Å². The van der Waals surface area contributed by atoms with Crippen molar-refractivity contribution in [3.8, 4) is 5.69 Å². The molecule has 146 valence electrons. The Bertz CT molecular complexity index is 843. The standard InChI is InChI=1S/C16H17F3N4O4/c1-15(2,3)27-14(24)8-21-11-7-12(22-5-4-20-9-22)10(16(17,18)19)6-13(11)23(25)26/h4-7,9,21H,8H2,1-3H3. The first-order valence-electron chi connectivity index (χ1n) is 7.72. The largest absolute Gasteiger partial charge is 0.459 e. The van der Waals surface area contributed by atoms with E-state index in [1.165, 1.54) is 12.4 Å². The van der Waals surface area contributed by atoms with Crippen molar-refractivity contribution < 1.29 is 27.6 Å². The summed E-state index contributed by atoms with van der Waals surface area (Å²) in [6, 6.07) is 1.37. The highest BCUT2D eigenvalue weighted by Gasteiger charge is 2.37. The van der Waals surface area contributed by atoms with Gasteiger partial charge in [0.1, 0.15) is 17.8 Å². The minimum Gasteiger partial charge on any atom is -0.459 e. The molecule has 1 heterocycles. The maximum absolute atomic E-state index is 13.4. The lowest BCUT2D eigenvalue weighted by atomic mass is 10.1. The Hall–Kier alpha value is -3.11. The van der Waals surface area contributed by atoms with Crippen LogP contribution in [0.4, 0.5) is 24.5 Å². The molecule has 0 atom stereocenters. The predicted octanol–water partition coefficient (Wildman–Crippen LogP) is 3.55. The van der Waals surface area contributed by atoms with Gasteiger partial charge in [-0.3, -0.25) is 14.9 Å². The second-order valence-electron chi connectivity index (χ2n) is 6.55. The summed E-state index contributed by atoms with van der Waals surface area (Å²) in [4.78, 5) is 25.8. The van der Waals surface area contributed by atoms with Crippen molar-refractivity contribution in [2.24, 2.45) is 0 Å². The van der Waals surface area contributed by atoms with Crippen LogP contribution < -0.4 is 5.32 Å². The molecule has 2 aromatic rings. The normalized spacial score (nSPS) is 11.9. The molecular weight excluding hydrogens is 369 g/mol. The molecule has 1 N–H and O–H groups in total. The molecule has 0 aliphatic heterocycles. The van der Waals surface area contributed by atoms with Gasteiger partial charge in [-0.15, -0.1) is 0 Å². The molecule has 0 spiro atoms. The summed E-state index contributed by atoms with van der Waals surface area (Å²) >= 11 is 0. The van der Waals surface area contributed by atoms with E-state index in [1.54, 1.807) is 20.8 Å². The van der Waals surface area contributed by atoms with Crippen molar-refractivity contribution in [2.45, 2.75) is 32.5 Å². The van der Waals surface area contributed by atoms with Gasteiger partial charge in [-0.2, -0.15) is 13.2 Å². The highest BCUT2D eigenvalue weighted by molar-refractivity contribution is 5.78. The number of aromatic nitrogens is 2. The topological polar surface area (TPSA) is 99.3 Å². The van der Waals surface area contributed by atoms with Gasteiger partial charge in [0.2, 0.25) is 0 Å². The molecule has 0 amide bonds. The van der Waals surface area contributed by atoms with Crippen LogP contribution in [0, 0.1) is 10.1 Å². The Morgan fingerprint density at radius 2 is 2.00 bits per heavy atom. The van der Waals surface area contributed by atoms with Crippen molar-refractivity contribution in [2.75, 3.05) is 11.9 Å². The zero-order valence-corrected chi connectivity index (χ0v) is 14.7. The molecule has 0 saturated heterocycles. The molecule has 0 aliphatic rings. The fourth-order valence-corrected chi connectivity index (χ4v) is 2.26. The number of imidazole rings is 1. The van der Waals surface area contributed by atoms with Gasteiger partial charge in [-0.05, 0) is 26.8 Å². The molecule has 0 radical (unpaired) electrons. The number of esters is 1. The van der Waals surface area contributed by atoms with Crippen LogP contribution in [0.1, 0.15) is 26.3 Å². The minimum atomic E-state index is -4.83. The lowest BCUT2D eigenvalue weighted by molar-refractivity contribution is -0.384. The summed E-state index contributed by atoms with van der Waals surface area (Å²) < 4.78 is 46.2. The van der Waals surface area contributed by atoms with E-state index in [-0.39, 0.29) is 11.4 Å². The Morgan fingerprint density at radius 1 is 1.33 bits per heavy atom. The first kappa shape index (κ1) is 20.2. The van der Waals surface area contributed by atoms with Crippen LogP contribution in [0.15, 0.2) is 30.9 Å². The third-order valence-corrected chi connectivity index (χ3v) is 3.24. The number of rotatable bonds is 5. The van der Waals surface area contributed by atoms with Crippen LogP contribution in [0.5, 0.6) is 0 Å². The Kier molecular flexibility index (Phi) is 5.43. The lowest BCUT2D eigenvalue weighted by Gasteiger charge is -2.20. The average Bonchev–Trinajstić information content (AvgIpc) is 3.03. The molecule has 0 aliphatic carbocycles. The molecule has 11 heteroatoms. The molecule has 8 nitrogen and oxygen atoms in total. The van der Waals surface area contributed by atoms with E-state index in [9.17, 15) is 28.1 Å². The van der Waals surface area contributed by atoms with Crippen molar-refractivity contribution in [1.29, 1.82) is 0 Å². The number of alkyl halides is 3. The van der Waals surface area contributed by atoms with E-state index in [4.69, 9.17) is 4.74 Å². The smallest absolute Gasteiger partial charge is 0.418 e. The number of ether oxygens (including phenoxy) is 1. The van der Waals surface area contributed by atoms with Gasteiger partial charge in [-0.25, -0.2) is 4.98 Å². The number of halogens is 3.